The molecule has 0 saturated heterocycles. The second-order valence-corrected chi connectivity index (χ2v) is 6.22. The van der Waals surface area contributed by atoms with Gasteiger partial charge in [-0.05, 0) is 42.7 Å². The van der Waals surface area contributed by atoms with Crippen LogP contribution in [0.5, 0.6) is 0 Å². The van der Waals surface area contributed by atoms with Gasteiger partial charge in [-0.3, -0.25) is 4.79 Å². The van der Waals surface area contributed by atoms with Gasteiger partial charge >= 0.3 is 5.97 Å². The van der Waals surface area contributed by atoms with Crippen molar-refractivity contribution >= 4 is 11.5 Å². The van der Waals surface area contributed by atoms with Gasteiger partial charge in [0.05, 0.1) is 5.92 Å². The molecule has 1 aliphatic carbocycles. The Hall–Kier alpha value is -1.57. The van der Waals surface area contributed by atoms with Gasteiger partial charge in [0.2, 0.25) is 0 Å². The largest absolute Gasteiger partial charge is 0.481 e. The molecule has 1 fully saturated rings. The first-order valence-corrected chi connectivity index (χ1v) is 6.80. The average Bonchev–Trinajstić information content (AvgIpc) is 2.91. The second kappa shape index (κ2) is 4.84. The molecular formula is C17H22O2. The first-order chi connectivity index (χ1) is 8.85. The molecule has 19 heavy (non-hydrogen) atoms. The van der Waals surface area contributed by atoms with Gasteiger partial charge in [-0.1, -0.05) is 49.8 Å². The molecule has 102 valence electrons. The standard InChI is InChI=1S/C17H22O2/c1-11(12(2)13-8-6-5-7-9-13)10-14-15(16(18)19)17(14,3)4/h5-9,14-15H,10H2,1-4H3,(H,18,19). The van der Waals surface area contributed by atoms with Crippen molar-refractivity contribution in [2.75, 3.05) is 0 Å². The highest BCUT2D eigenvalue weighted by molar-refractivity contribution is 5.76. The molecule has 2 heteroatoms. The van der Waals surface area contributed by atoms with Crippen molar-refractivity contribution in [2.45, 2.75) is 34.1 Å². The molecule has 1 N–H and O–H groups in total. The van der Waals surface area contributed by atoms with Crippen molar-refractivity contribution in [3.8, 4) is 0 Å². The Morgan fingerprint density at radius 1 is 1.21 bits per heavy atom. The van der Waals surface area contributed by atoms with Gasteiger partial charge in [-0.15, -0.1) is 0 Å². The molecular weight excluding hydrogens is 236 g/mol. The van der Waals surface area contributed by atoms with Crippen LogP contribution in [0.2, 0.25) is 0 Å². The number of allylic oxidation sites excluding steroid dienone is 2. The number of carboxylic acid groups (broad SMARTS) is 1. The van der Waals surface area contributed by atoms with Crippen molar-refractivity contribution in [3.05, 3.63) is 41.5 Å². The Balaban J connectivity index is 2.14. The van der Waals surface area contributed by atoms with Crippen LogP contribution in [0.4, 0.5) is 0 Å². The normalized spacial score (nSPS) is 25.7. The van der Waals surface area contributed by atoms with E-state index in [1.54, 1.807) is 0 Å². The Bertz CT molecular complexity index is 511. The fourth-order valence-electron chi connectivity index (χ4n) is 3.03. The lowest BCUT2D eigenvalue weighted by Gasteiger charge is -2.09. The van der Waals surface area contributed by atoms with E-state index >= 15 is 0 Å². The van der Waals surface area contributed by atoms with Crippen LogP contribution >= 0.6 is 0 Å². The summed E-state index contributed by atoms with van der Waals surface area (Å²) in [5.41, 5.74) is 3.73. The van der Waals surface area contributed by atoms with E-state index in [-0.39, 0.29) is 17.3 Å². The Labute approximate surface area is 115 Å². The van der Waals surface area contributed by atoms with Crippen LogP contribution in [0.3, 0.4) is 0 Å². The number of carboxylic acids is 1. The minimum atomic E-state index is -0.653. The predicted octanol–water partition coefficient (Wildman–Crippen LogP) is 4.23. The van der Waals surface area contributed by atoms with Crippen molar-refractivity contribution in [1.29, 1.82) is 0 Å². The van der Waals surface area contributed by atoms with Gasteiger partial charge in [-0.25, -0.2) is 0 Å². The van der Waals surface area contributed by atoms with Crippen molar-refractivity contribution in [3.63, 3.8) is 0 Å². The molecule has 0 bridgehead atoms. The first kappa shape index (κ1) is 13.9. The number of hydrogen-bond acceptors (Lipinski definition) is 1. The summed E-state index contributed by atoms with van der Waals surface area (Å²) >= 11 is 0. The molecule has 2 atom stereocenters. The third kappa shape index (κ3) is 2.58. The molecule has 0 radical (unpaired) electrons. The van der Waals surface area contributed by atoms with Crippen LogP contribution in [-0.2, 0) is 4.79 Å². The van der Waals surface area contributed by atoms with E-state index < -0.39 is 5.97 Å². The van der Waals surface area contributed by atoms with Crippen LogP contribution in [0.1, 0.15) is 39.7 Å². The van der Waals surface area contributed by atoms with Gasteiger partial charge in [-0.2, -0.15) is 0 Å². The van der Waals surface area contributed by atoms with Crippen LogP contribution < -0.4 is 0 Å². The van der Waals surface area contributed by atoms with E-state index in [0.29, 0.717) is 0 Å². The predicted molar refractivity (Wildman–Crippen MR) is 77.7 cm³/mol. The number of hydrogen-bond donors (Lipinski definition) is 1. The van der Waals surface area contributed by atoms with E-state index in [0.717, 1.165) is 6.42 Å². The van der Waals surface area contributed by atoms with Gasteiger partial charge in [0.25, 0.3) is 0 Å². The summed E-state index contributed by atoms with van der Waals surface area (Å²) in [5, 5.41) is 9.21. The molecule has 0 amide bonds. The maximum Gasteiger partial charge on any atom is 0.307 e. The van der Waals surface area contributed by atoms with Crippen molar-refractivity contribution in [2.24, 2.45) is 17.3 Å². The van der Waals surface area contributed by atoms with Crippen LogP contribution in [-0.4, -0.2) is 11.1 Å². The first-order valence-electron chi connectivity index (χ1n) is 6.80. The zero-order valence-electron chi connectivity index (χ0n) is 12.1. The lowest BCUT2D eigenvalue weighted by Crippen LogP contribution is -2.03. The van der Waals surface area contributed by atoms with E-state index in [9.17, 15) is 9.90 Å². The number of rotatable bonds is 4. The summed E-state index contributed by atoms with van der Waals surface area (Å²) in [6, 6.07) is 10.3. The molecule has 1 aromatic rings. The van der Waals surface area contributed by atoms with E-state index in [1.165, 1.54) is 16.7 Å². The third-order valence-electron chi connectivity index (χ3n) is 4.69. The van der Waals surface area contributed by atoms with Crippen LogP contribution in [0.15, 0.2) is 35.9 Å². The molecule has 0 aliphatic heterocycles. The molecule has 1 aromatic carbocycles. The molecule has 0 spiro atoms. The minimum Gasteiger partial charge on any atom is -0.481 e. The minimum absolute atomic E-state index is 0.0654. The lowest BCUT2D eigenvalue weighted by atomic mass is 9.96. The summed E-state index contributed by atoms with van der Waals surface area (Å²) < 4.78 is 0. The lowest BCUT2D eigenvalue weighted by molar-refractivity contribution is -0.139. The van der Waals surface area contributed by atoms with Gasteiger partial charge in [0, 0.05) is 0 Å². The van der Waals surface area contributed by atoms with Crippen LogP contribution in [0, 0.1) is 17.3 Å². The maximum atomic E-state index is 11.2. The van der Waals surface area contributed by atoms with E-state index in [4.69, 9.17) is 0 Å². The fraction of sp³-hybridized carbons (Fsp3) is 0.471. The third-order valence-corrected chi connectivity index (χ3v) is 4.69. The summed E-state index contributed by atoms with van der Waals surface area (Å²) in [7, 11) is 0. The van der Waals surface area contributed by atoms with Gasteiger partial charge < -0.3 is 5.11 Å². The highest BCUT2D eigenvalue weighted by atomic mass is 16.4. The molecule has 2 unspecified atom stereocenters. The SMILES string of the molecule is CC(CC1C(C(=O)O)C1(C)C)=C(C)c1ccccc1. The maximum absolute atomic E-state index is 11.2. The molecule has 1 aliphatic rings. The Morgan fingerprint density at radius 2 is 1.79 bits per heavy atom. The van der Waals surface area contributed by atoms with Crippen molar-refractivity contribution in [1.82, 2.24) is 0 Å². The Morgan fingerprint density at radius 3 is 2.26 bits per heavy atom. The summed E-state index contributed by atoms with van der Waals surface area (Å²) in [4.78, 5) is 11.2. The molecule has 2 nitrogen and oxygen atoms in total. The zero-order chi connectivity index (χ0) is 14.2. The van der Waals surface area contributed by atoms with E-state index in [1.807, 2.05) is 18.2 Å². The number of benzene rings is 1. The number of aliphatic carboxylic acids is 1. The fourth-order valence-corrected chi connectivity index (χ4v) is 3.03. The Kier molecular flexibility index (Phi) is 3.53. The highest BCUT2D eigenvalue weighted by Crippen LogP contribution is 2.61. The van der Waals surface area contributed by atoms with Crippen LogP contribution in [0.25, 0.3) is 5.57 Å². The summed E-state index contributed by atoms with van der Waals surface area (Å²) in [6.07, 6.45) is 0.880. The molecule has 2 rings (SSSR count). The average molecular weight is 258 g/mol. The number of carbonyl (C=O) groups is 1. The van der Waals surface area contributed by atoms with Crippen molar-refractivity contribution < 1.29 is 9.90 Å². The highest BCUT2D eigenvalue weighted by Gasteiger charge is 2.61. The smallest absolute Gasteiger partial charge is 0.307 e. The van der Waals surface area contributed by atoms with Gasteiger partial charge in [0.15, 0.2) is 0 Å². The molecule has 1 saturated carbocycles. The second-order valence-electron chi connectivity index (χ2n) is 6.22. The van der Waals surface area contributed by atoms with E-state index in [2.05, 4.69) is 39.8 Å². The van der Waals surface area contributed by atoms with Gasteiger partial charge in [0.1, 0.15) is 0 Å². The monoisotopic (exact) mass is 258 g/mol. The quantitative estimate of drug-likeness (QED) is 0.877. The molecule has 0 aromatic heterocycles. The zero-order valence-corrected chi connectivity index (χ0v) is 12.1. The topological polar surface area (TPSA) is 37.3 Å². The summed E-state index contributed by atoms with van der Waals surface area (Å²) in [5.74, 6) is -0.574. The summed E-state index contributed by atoms with van der Waals surface area (Å²) in [6.45, 7) is 8.36. The molecule has 0 heterocycles.